The first-order valence-electron chi connectivity index (χ1n) is 8.85. The van der Waals surface area contributed by atoms with Gasteiger partial charge in [0.15, 0.2) is 0 Å². The number of pyridine rings is 1. The van der Waals surface area contributed by atoms with Crippen LogP contribution in [-0.4, -0.2) is 29.5 Å². The minimum absolute atomic E-state index is 0.0456. The molecule has 1 aliphatic heterocycles. The topological polar surface area (TPSA) is 80.3 Å². The lowest BCUT2D eigenvalue weighted by molar-refractivity contribution is -0.116. The van der Waals surface area contributed by atoms with Crippen LogP contribution in [0.2, 0.25) is 0 Å². The van der Waals surface area contributed by atoms with Crippen molar-refractivity contribution in [2.24, 2.45) is 0 Å². The van der Waals surface area contributed by atoms with E-state index in [4.69, 9.17) is 4.74 Å². The Kier molecular flexibility index (Phi) is 5.96. The Labute approximate surface area is 153 Å². The molecule has 1 saturated heterocycles. The summed E-state index contributed by atoms with van der Waals surface area (Å²) >= 11 is 0. The molecule has 1 aliphatic rings. The summed E-state index contributed by atoms with van der Waals surface area (Å²) in [5.74, 6) is -0.256. The number of hydrogen-bond acceptors (Lipinski definition) is 4. The molecular weight excluding hydrogens is 330 g/mol. The van der Waals surface area contributed by atoms with E-state index in [9.17, 15) is 9.59 Å². The number of rotatable bonds is 6. The van der Waals surface area contributed by atoms with Gasteiger partial charge in [0.05, 0.1) is 6.10 Å². The normalized spacial score (nSPS) is 16.3. The van der Waals surface area contributed by atoms with Gasteiger partial charge in [0.25, 0.3) is 5.91 Å². The largest absolute Gasteiger partial charge is 0.378 e. The molecule has 2 aromatic rings. The van der Waals surface area contributed by atoms with Gasteiger partial charge >= 0.3 is 0 Å². The van der Waals surface area contributed by atoms with Gasteiger partial charge in [-0.15, -0.1) is 0 Å². The zero-order valence-corrected chi connectivity index (χ0v) is 14.8. The molecule has 0 aliphatic carbocycles. The Morgan fingerprint density at radius 1 is 1.19 bits per heavy atom. The van der Waals surface area contributed by atoms with Crippen molar-refractivity contribution in [1.82, 2.24) is 4.98 Å². The van der Waals surface area contributed by atoms with Crippen molar-refractivity contribution >= 4 is 23.2 Å². The number of amides is 2. The lowest BCUT2D eigenvalue weighted by Crippen LogP contribution is -2.16. The fraction of sp³-hybridized carbons (Fsp3) is 0.350. The van der Waals surface area contributed by atoms with Crippen LogP contribution in [0.4, 0.5) is 11.4 Å². The molecule has 2 heterocycles. The molecule has 2 amide bonds. The zero-order chi connectivity index (χ0) is 18.4. The standard InChI is InChI=1S/C20H23N3O3/c1-14-4-5-16(22-19(24)7-6-17-3-2-12-26-17)13-18(14)23-20(25)15-8-10-21-11-9-15/h4-5,8-11,13,17H,2-3,6-7,12H2,1H3,(H,22,24)(H,23,25). The fourth-order valence-electron chi connectivity index (χ4n) is 2.92. The van der Waals surface area contributed by atoms with Crippen LogP contribution in [0, 0.1) is 6.92 Å². The maximum atomic E-state index is 12.3. The van der Waals surface area contributed by atoms with Crippen LogP contribution < -0.4 is 10.6 Å². The van der Waals surface area contributed by atoms with Gasteiger partial charge in [-0.05, 0) is 56.0 Å². The molecule has 3 rings (SSSR count). The van der Waals surface area contributed by atoms with Crippen LogP contribution in [0.5, 0.6) is 0 Å². The summed E-state index contributed by atoms with van der Waals surface area (Å²) in [6.07, 6.45) is 6.63. The number of benzene rings is 1. The van der Waals surface area contributed by atoms with E-state index >= 15 is 0 Å². The number of aromatic nitrogens is 1. The van der Waals surface area contributed by atoms with Crippen LogP contribution in [0.1, 0.15) is 41.6 Å². The van der Waals surface area contributed by atoms with Crippen LogP contribution in [0.15, 0.2) is 42.7 Å². The first-order valence-corrected chi connectivity index (χ1v) is 8.85. The summed E-state index contributed by atoms with van der Waals surface area (Å²) < 4.78 is 5.54. The van der Waals surface area contributed by atoms with Gasteiger partial charge in [-0.2, -0.15) is 0 Å². The molecular formula is C20H23N3O3. The highest BCUT2D eigenvalue weighted by atomic mass is 16.5. The predicted octanol–water partition coefficient (Wildman–Crippen LogP) is 3.54. The summed E-state index contributed by atoms with van der Waals surface area (Å²) in [6, 6.07) is 8.79. The average molecular weight is 353 g/mol. The van der Waals surface area contributed by atoms with Crippen LogP contribution in [0.25, 0.3) is 0 Å². The van der Waals surface area contributed by atoms with E-state index in [0.29, 0.717) is 23.4 Å². The Hall–Kier alpha value is -2.73. The van der Waals surface area contributed by atoms with E-state index in [1.807, 2.05) is 19.1 Å². The van der Waals surface area contributed by atoms with Crippen molar-refractivity contribution < 1.29 is 14.3 Å². The van der Waals surface area contributed by atoms with E-state index in [1.165, 1.54) is 0 Å². The van der Waals surface area contributed by atoms with E-state index in [-0.39, 0.29) is 17.9 Å². The predicted molar refractivity (Wildman–Crippen MR) is 100 cm³/mol. The van der Waals surface area contributed by atoms with Gasteiger partial charge in [0.1, 0.15) is 0 Å². The SMILES string of the molecule is Cc1ccc(NC(=O)CCC2CCCO2)cc1NC(=O)c1ccncc1. The molecule has 2 N–H and O–H groups in total. The second-order valence-corrected chi connectivity index (χ2v) is 6.44. The Morgan fingerprint density at radius 2 is 2.00 bits per heavy atom. The van der Waals surface area contributed by atoms with E-state index in [0.717, 1.165) is 31.4 Å². The Balaban J connectivity index is 1.59. The van der Waals surface area contributed by atoms with Crippen molar-refractivity contribution in [2.45, 2.75) is 38.7 Å². The molecule has 0 spiro atoms. The van der Waals surface area contributed by atoms with Crippen LogP contribution >= 0.6 is 0 Å². The first kappa shape index (κ1) is 18.1. The second kappa shape index (κ2) is 8.58. The molecule has 1 aromatic carbocycles. The average Bonchev–Trinajstić information content (AvgIpc) is 3.17. The van der Waals surface area contributed by atoms with Crippen molar-refractivity contribution in [3.05, 3.63) is 53.9 Å². The van der Waals surface area contributed by atoms with Gasteiger partial charge in [-0.25, -0.2) is 0 Å². The maximum Gasteiger partial charge on any atom is 0.255 e. The summed E-state index contributed by atoms with van der Waals surface area (Å²) in [7, 11) is 0. The Morgan fingerprint density at radius 3 is 2.73 bits per heavy atom. The summed E-state index contributed by atoms with van der Waals surface area (Å²) in [5, 5.41) is 5.77. The molecule has 0 bridgehead atoms. The van der Waals surface area contributed by atoms with E-state index in [2.05, 4.69) is 15.6 Å². The highest BCUT2D eigenvalue weighted by molar-refractivity contribution is 6.05. The van der Waals surface area contributed by atoms with Crippen LogP contribution in [-0.2, 0) is 9.53 Å². The number of aryl methyl sites for hydroxylation is 1. The molecule has 1 aromatic heterocycles. The summed E-state index contributed by atoms with van der Waals surface area (Å²) in [5.41, 5.74) is 2.79. The molecule has 0 radical (unpaired) electrons. The van der Waals surface area contributed by atoms with Crippen molar-refractivity contribution in [2.75, 3.05) is 17.2 Å². The lowest BCUT2D eigenvalue weighted by Gasteiger charge is -2.12. The van der Waals surface area contributed by atoms with Gasteiger partial charge < -0.3 is 15.4 Å². The first-order chi connectivity index (χ1) is 12.6. The number of nitrogens with zero attached hydrogens (tertiary/aromatic N) is 1. The smallest absolute Gasteiger partial charge is 0.255 e. The van der Waals surface area contributed by atoms with E-state index < -0.39 is 0 Å². The maximum absolute atomic E-state index is 12.3. The number of nitrogens with one attached hydrogen (secondary N) is 2. The van der Waals surface area contributed by atoms with Crippen molar-refractivity contribution in [3.8, 4) is 0 Å². The monoisotopic (exact) mass is 353 g/mol. The number of carbonyl (C=O) groups is 2. The molecule has 6 nitrogen and oxygen atoms in total. The van der Waals surface area contributed by atoms with Crippen LogP contribution in [0.3, 0.4) is 0 Å². The molecule has 0 saturated carbocycles. The quantitative estimate of drug-likeness (QED) is 0.832. The van der Waals surface area contributed by atoms with Gasteiger partial charge in [0.2, 0.25) is 5.91 Å². The molecule has 26 heavy (non-hydrogen) atoms. The van der Waals surface area contributed by atoms with E-state index in [1.54, 1.807) is 30.6 Å². The Bertz CT molecular complexity index is 771. The van der Waals surface area contributed by atoms with Gasteiger partial charge in [-0.3, -0.25) is 14.6 Å². The number of carbonyl (C=O) groups excluding carboxylic acids is 2. The zero-order valence-electron chi connectivity index (χ0n) is 14.8. The number of hydrogen-bond donors (Lipinski definition) is 2. The minimum Gasteiger partial charge on any atom is -0.378 e. The number of anilines is 2. The third-order valence-corrected chi connectivity index (χ3v) is 4.43. The summed E-state index contributed by atoms with van der Waals surface area (Å²) in [4.78, 5) is 28.4. The van der Waals surface area contributed by atoms with Crippen molar-refractivity contribution in [1.29, 1.82) is 0 Å². The lowest BCUT2D eigenvalue weighted by atomic mass is 10.1. The molecule has 1 unspecified atom stereocenters. The number of ether oxygens (including phenoxy) is 1. The van der Waals surface area contributed by atoms with Crippen molar-refractivity contribution in [3.63, 3.8) is 0 Å². The molecule has 1 fully saturated rings. The second-order valence-electron chi connectivity index (χ2n) is 6.44. The third kappa shape index (κ3) is 4.89. The van der Waals surface area contributed by atoms with Gasteiger partial charge in [-0.1, -0.05) is 6.07 Å². The third-order valence-electron chi connectivity index (χ3n) is 4.43. The molecule has 6 heteroatoms. The molecule has 136 valence electrons. The summed E-state index contributed by atoms with van der Waals surface area (Å²) in [6.45, 7) is 2.70. The highest BCUT2D eigenvalue weighted by Gasteiger charge is 2.17. The molecule has 1 atom stereocenters. The fourth-order valence-corrected chi connectivity index (χ4v) is 2.92. The minimum atomic E-state index is -0.211. The van der Waals surface area contributed by atoms with Gasteiger partial charge in [0, 0.05) is 42.4 Å². The highest BCUT2D eigenvalue weighted by Crippen LogP contribution is 2.22.